The van der Waals surface area contributed by atoms with Crippen LogP contribution in [0.15, 0.2) is 45.8 Å². The minimum Gasteiger partial charge on any atom is -0.493 e. The maximum Gasteiger partial charge on any atom is 0.294 e. The number of carbonyl (C=O) groups excluding carboxylic acids is 3. The number of nitro groups is 1. The van der Waals surface area contributed by atoms with Crippen LogP contribution in [0.25, 0.3) is 6.08 Å². The highest BCUT2D eigenvalue weighted by atomic mass is 79.9. The van der Waals surface area contributed by atoms with E-state index in [-0.39, 0.29) is 29.7 Å². The molecule has 2 aliphatic heterocycles. The molecular weight excluding hydrogens is 570 g/mol. The number of halogens is 1. The van der Waals surface area contributed by atoms with Crippen molar-refractivity contribution in [2.24, 2.45) is 0 Å². The maximum atomic E-state index is 12.9. The first-order valence-electron chi connectivity index (χ1n) is 11.1. The Morgan fingerprint density at radius 1 is 1.19 bits per heavy atom. The molecule has 0 spiro atoms. The third-order valence-corrected chi connectivity index (χ3v) is 7.24. The summed E-state index contributed by atoms with van der Waals surface area (Å²) in [4.78, 5) is 51.0. The van der Waals surface area contributed by atoms with Gasteiger partial charge in [0.15, 0.2) is 11.5 Å². The molecule has 3 amide bonds. The number of nitrogens with zero attached hydrogens (tertiary/aromatic N) is 3. The number of morpholine rings is 1. The number of carbonyl (C=O) groups is 3. The quantitative estimate of drug-likeness (QED) is 0.255. The average Bonchev–Trinajstić information content (AvgIpc) is 3.16. The number of methoxy groups -OCH3 is 1. The minimum atomic E-state index is -0.541. The zero-order valence-corrected chi connectivity index (χ0v) is 22.1. The van der Waals surface area contributed by atoms with Gasteiger partial charge in [0.05, 0.1) is 30.2 Å². The Kier molecular flexibility index (Phi) is 8.46. The van der Waals surface area contributed by atoms with Gasteiger partial charge in [0.25, 0.3) is 16.8 Å². The van der Waals surface area contributed by atoms with Gasteiger partial charge in [-0.15, -0.1) is 0 Å². The molecule has 0 N–H and O–H groups in total. The molecule has 2 aromatic rings. The predicted molar refractivity (Wildman–Crippen MR) is 138 cm³/mol. The fourth-order valence-corrected chi connectivity index (χ4v) is 4.90. The standard InChI is InChI=1S/C24H22BrN3O8S/c1-34-19-10-16(18(25)12-20(19)36-14-15-2-4-17(5-3-15)28(32)33)11-21-23(30)27(24(31)37-21)13-22(29)26-6-8-35-9-7-26/h2-5,10-12H,6-9,13-14H2,1H3/b21-11+. The molecule has 11 nitrogen and oxygen atoms in total. The molecule has 2 fully saturated rings. The third kappa shape index (κ3) is 6.29. The first-order chi connectivity index (χ1) is 17.8. The van der Waals surface area contributed by atoms with Gasteiger partial charge in [-0.05, 0) is 53.2 Å². The van der Waals surface area contributed by atoms with Gasteiger partial charge in [-0.25, -0.2) is 0 Å². The number of rotatable bonds is 8. The summed E-state index contributed by atoms with van der Waals surface area (Å²) >= 11 is 4.23. The number of amides is 3. The molecule has 2 saturated heterocycles. The number of imide groups is 1. The van der Waals surface area contributed by atoms with Crippen LogP contribution in [-0.2, 0) is 20.9 Å². The Morgan fingerprint density at radius 2 is 1.89 bits per heavy atom. The lowest BCUT2D eigenvalue weighted by atomic mass is 10.1. The van der Waals surface area contributed by atoms with Gasteiger partial charge in [-0.2, -0.15) is 0 Å². The van der Waals surface area contributed by atoms with Crippen LogP contribution in [0.5, 0.6) is 11.5 Å². The highest BCUT2D eigenvalue weighted by molar-refractivity contribution is 9.10. The first kappa shape index (κ1) is 26.6. The van der Waals surface area contributed by atoms with Crippen molar-refractivity contribution in [1.29, 1.82) is 0 Å². The summed E-state index contributed by atoms with van der Waals surface area (Å²) in [5, 5.41) is 10.3. The predicted octanol–water partition coefficient (Wildman–Crippen LogP) is 3.84. The fourth-order valence-electron chi connectivity index (χ4n) is 3.63. The first-order valence-corrected chi connectivity index (χ1v) is 12.7. The normalized spacial score (nSPS) is 16.9. The van der Waals surface area contributed by atoms with Crippen LogP contribution in [0.1, 0.15) is 11.1 Å². The molecule has 13 heteroatoms. The van der Waals surface area contributed by atoms with E-state index in [4.69, 9.17) is 14.2 Å². The number of ether oxygens (including phenoxy) is 3. The molecule has 0 atom stereocenters. The van der Waals surface area contributed by atoms with E-state index >= 15 is 0 Å². The van der Waals surface area contributed by atoms with Crippen molar-refractivity contribution in [2.75, 3.05) is 40.0 Å². The molecule has 0 unspecified atom stereocenters. The molecule has 0 aromatic heterocycles. The summed E-state index contributed by atoms with van der Waals surface area (Å²) in [5.41, 5.74) is 1.29. The van der Waals surface area contributed by atoms with Gasteiger partial charge in [0.1, 0.15) is 13.2 Å². The SMILES string of the molecule is COc1cc(/C=C2/SC(=O)N(CC(=O)N3CCOCC3)C2=O)c(Br)cc1OCc1ccc([N+](=O)[O-])cc1. The summed E-state index contributed by atoms with van der Waals surface area (Å²) in [6.45, 7) is 1.54. The van der Waals surface area contributed by atoms with E-state index in [9.17, 15) is 24.5 Å². The molecular formula is C24H22BrN3O8S. The van der Waals surface area contributed by atoms with Crippen molar-refractivity contribution in [3.05, 3.63) is 67.0 Å². The summed E-state index contributed by atoms with van der Waals surface area (Å²) in [6.07, 6.45) is 1.55. The molecule has 4 rings (SSSR count). The summed E-state index contributed by atoms with van der Waals surface area (Å²) in [7, 11) is 1.47. The van der Waals surface area contributed by atoms with Gasteiger partial charge in [0, 0.05) is 29.7 Å². The number of nitro benzene ring substituents is 1. The molecule has 37 heavy (non-hydrogen) atoms. The van der Waals surface area contributed by atoms with Gasteiger partial charge in [-0.3, -0.25) is 29.4 Å². The van der Waals surface area contributed by atoms with E-state index < -0.39 is 16.1 Å². The third-order valence-electron chi connectivity index (χ3n) is 5.64. The molecule has 0 saturated carbocycles. The Hall–Kier alpha value is -3.42. The summed E-state index contributed by atoms with van der Waals surface area (Å²) in [5.74, 6) is -0.0441. The zero-order valence-electron chi connectivity index (χ0n) is 19.7. The largest absolute Gasteiger partial charge is 0.493 e. The number of hydrogen-bond acceptors (Lipinski definition) is 9. The topological polar surface area (TPSA) is 129 Å². The van der Waals surface area contributed by atoms with Crippen LogP contribution in [0.3, 0.4) is 0 Å². The van der Waals surface area contributed by atoms with Crippen molar-refractivity contribution >= 4 is 56.5 Å². The second-order valence-electron chi connectivity index (χ2n) is 8.00. The zero-order chi connectivity index (χ0) is 26.5. The Balaban J connectivity index is 1.46. The van der Waals surface area contributed by atoms with Crippen LogP contribution in [-0.4, -0.2) is 71.7 Å². The lowest BCUT2D eigenvalue weighted by Crippen LogP contribution is -2.46. The Labute approximate surface area is 224 Å². The van der Waals surface area contributed by atoms with Crippen molar-refractivity contribution in [1.82, 2.24) is 9.80 Å². The van der Waals surface area contributed by atoms with Crippen molar-refractivity contribution in [3.63, 3.8) is 0 Å². The highest BCUT2D eigenvalue weighted by Crippen LogP contribution is 2.38. The average molecular weight is 592 g/mol. The summed E-state index contributed by atoms with van der Waals surface area (Å²) in [6, 6.07) is 9.33. The lowest BCUT2D eigenvalue weighted by molar-refractivity contribution is -0.384. The van der Waals surface area contributed by atoms with E-state index in [0.29, 0.717) is 47.8 Å². The minimum absolute atomic E-state index is 0.0108. The van der Waals surface area contributed by atoms with Gasteiger partial charge in [-0.1, -0.05) is 15.9 Å². The molecule has 2 heterocycles. The number of thioether (sulfide) groups is 1. The lowest BCUT2D eigenvalue weighted by Gasteiger charge is -2.28. The monoisotopic (exact) mass is 591 g/mol. The highest BCUT2D eigenvalue weighted by Gasteiger charge is 2.37. The van der Waals surface area contributed by atoms with Gasteiger partial charge in [0.2, 0.25) is 5.91 Å². The molecule has 0 radical (unpaired) electrons. The molecule has 2 aromatic carbocycles. The van der Waals surface area contributed by atoms with Crippen LogP contribution in [0.2, 0.25) is 0 Å². The van der Waals surface area contributed by atoms with E-state index in [2.05, 4.69) is 15.9 Å². The maximum absolute atomic E-state index is 12.9. The van der Waals surface area contributed by atoms with E-state index in [1.165, 1.54) is 19.2 Å². The number of hydrogen-bond donors (Lipinski definition) is 0. The van der Waals surface area contributed by atoms with Crippen molar-refractivity contribution in [2.45, 2.75) is 6.61 Å². The Morgan fingerprint density at radius 3 is 2.54 bits per heavy atom. The molecule has 194 valence electrons. The summed E-state index contributed by atoms with van der Waals surface area (Å²) < 4.78 is 17.1. The van der Waals surface area contributed by atoms with Crippen LogP contribution >= 0.6 is 27.7 Å². The van der Waals surface area contributed by atoms with E-state index in [1.807, 2.05) is 0 Å². The van der Waals surface area contributed by atoms with Crippen LogP contribution in [0, 0.1) is 10.1 Å². The smallest absolute Gasteiger partial charge is 0.294 e. The second kappa shape index (κ2) is 11.8. The molecule has 0 aliphatic carbocycles. The fraction of sp³-hybridized carbons (Fsp3) is 0.292. The number of non-ortho nitro benzene ring substituents is 1. The Bertz CT molecular complexity index is 1260. The number of benzene rings is 2. The molecule has 2 aliphatic rings. The van der Waals surface area contributed by atoms with E-state index in [0.717, 1.165) is 22.2 Å². The van der Waals surface area contributed by atoms with E-state index in [1.54, 1.807) is 35.2 Å². The van der Waals surface area contributed by atoms with Crippen LogP contribution in [0.4, 0.5) is 10.5 Å². The molecule has 0 bridgehead atoms. The second-order valence-corrected chi connectivity index (χ2v) is 9.85. The van der Waals surface area contributed by atoms with Crippen molar-refractivity contribution < 1.29 is 33.5 Å². The van der Waals surface area contributed by atoms with Gasteiger partial charge < -0.3 is 19.1 Å². The van der Waals surface area contributed by atoms with Crippen molar-refractivity contribution in [3.8, 4) is 11.5 Å². The van der Waals surface area contributed by atoms with Gasteiger partial charge >= 0.3 is 0 Å². The van der Waals surface area contributed by atoms with Crippen LogP contribution < -0.4 is 9.47 Å².